The lowest BCUT2D eigenvalue weighted by Gasteiger charge is -2.25. The molecule has 3 rings (SSSR count). The van der Waals surface area contributed by atoms with Crippen LogP contribution in [0.2, 0.25) is 0 Å². The van der Waals surface area contributed by atoms with E-state index in [-0.39, 0.29) is 18.3 Å². The first-order chi connectivity index (χ1) is 9.15. The van der Waals surface area contributed by atoms with Gasteiger partial charge in [0, 0.05) is 34.3 Å². The van der Waals surface area contributed by atoms with Crippen LogP contribution in [-0.4, -0.2) is 36.0 Å². The molecular formula is C15H20ClIN2O. The number of carbonyl (C=O) groups excluding carboxylic acids is 1. The monoisotopic (exact) mass is 406 g/mol. The highest BCUT2D eigenvalue weighted by molar-refractivity contribution is 14.1. The molecule has 1 aromatic carbocycles. The van der Waals surface area contributed by atoms with Gasteiger partial charge in [-0.1, -0.05) is 6.07 Å². The fourth-order valence-electron chi connectivity index (χ4n) is 3.14. The molecule has 1 amide bonds. The van der Waals surface area contributed by atoms with Crippen LogP contribution < -0.4 is 5.32 Å². The molecule has 2 heterocycles. The van der Waals surface area contributed by atoms with E-state index in [9.17, 15) is 4.79 Å². The van der Waals surface area contributed by atoms with Crippen LogP contribution in [0, 0.1) is 10.5 Å². The summed E-state index contributed by atoms with van der Waals surface area (Å²) in [5.41, 5.74) is 1.97. The summed E-state index contributed by atoms with van der Waals surface area (Å²) in [6.45, 7) is 3.79. The van der Waals surface area contributed by atoms with E-state index in [1.165, 1.54) is 12.8 Å². The Morgan fingerprint density at radius 1 is 1.30 bits per heavy atom. The number of carbonyl (C=O) groups is 1. The van der Waals surface area contributed by atoms with Crippen molar-refractivity contribution in [3.05, 3.63) is 32.9 Å². The summed E-state index contributed by atoms with van der Waals surface area (Å²) >= 11 is 2.30. The van der Waals surface area contributed by atoms with Crippen LogP contribution in [0.25, 0.3) is 0 Å². The van der Waals surface area contributed by atoms with E-state index in [4.69, 9.17) is 0 Å². The number of nitrogens with zero attached hydrogens (tertiary/aromatic N) is 1. The first kappa shape index (κ1) is 16.0. The summed E-state index contributed by atoms with van der Waals surface area (Å²) < 4.78 is 1.16. The Bertz CT molecular complexity index is 509. The zero-order valence-corrected chi connectivity index (χ0v) is 14.5. The van der Waals surface area contributed by atoms with Crippen LogP contribution in [-0.2, 0) is 0 Å². The first-order valence-electron chi connectivity index (χ1n) is 6.95. The van der Waals surface area contributed by atoms with Gasteiger partial charge < -0.3 is 10.2 Å². The van der Waals surface area contributed by atoms with E-state index in [2.05, 4.69) is 34.0 Å². The normalized spacial score (nSPS) is 25.0. The van der Waals surface area contributed by atoms with Gasteiger partial charge in [0.05, 0.1) is 0 Å². The SMILES string of the molecule is Cc1c(I)cccc1C(=O)N1CCC2CCC(C1)N2.Cl. The smallest absolute Gasteiger partial charge is 0.254 e. The lowest BCUT2D eigenvalue weighted by molar-refractivity contribution is 0.0747. The van der Waals surface area contributed by atoms with Crippen molar-refractivity contribution in [2.24, 2.45) is 0 Å². The number of amides is 1. The van der Waals surface area contributed by atoms with E-state index >= 15 is 0 Å². The molecule has 3 nitrogen and oxygen atoms in total. The second-order valence-corrected chi connectivity index (χ2v) is 6.75. The number of likely N-dealkylation sites (tertiary alicyclic amines) is 1. The van der Waals surface area contributed by atoms with Gasteiger partial charge >= 0.3 is 0 Å². The molecule has 0 spiro atoms. The molecular weight excluding hydrogens is 387 g/mol. The van der Waals surface area contributed by atoms with Crippen molar-refractivity contribution in [3.8, 4) is 0 Å². The third-order valence-electron chi connectivity index (χ3n) is 4.31. The van der Waals surface area contributed by atoms with Crippen molar-refractivity contribution in [1.82, 2.24) is 10.2 Å². The third kappa shape index (κ3) is 3.12. The Morgan fingerprint density at radius 2 is 2.05 bits per heavy atom. The van der Waals surface area contributed by atoms with Gasteiger partial charge in [0.2, 0.25) is 0 Å². The fraction of sp³-hybridized carbons (Fsp3) is 0.533. The molecule has 2 aliphatic heterocycles. The topological polar surface area (TPSA) is 32.3 Å². The maximum absolute atomic E-state index is 12.7. The van der Waals surface area contributed by atoms with Crippen LogP contribution in [0.5, 0.6) is 0 Å². The van der Waals surface area contributed by atoms with Crippen LogP contribution in [0.4, 0.5) is 0 Å². The highest BCUT2D eigenvalue weighted by Gasteiger charge is 2.31. The molecule has 2 fully saturated rings. The largest absolute Gasteiger partial charge is 0.337 e. The second-order valence-electron chi connectivity index (χ2n) is 5.59. The number of hydrogen-bond donors (Lipinski definition) is 1. The summed E-state index contributed by atoms with van der Waals surface area (Å²) in [4.78, 5) is 14.7. The number of benzene rings is 1. The molecule has 1 N–H and O–H groups in total. The van der Waals surface area contributed by atoms with Gasteiger partial charge in [0.25, 0.3) is 5.91 Å². The summed E-state index contributed by atoms with van der Waals surface area (Å²) in [6.07, 6.45) is 3.57. The summed E-state index contributed by atoms with van der Waals surface area (Å²) in [6, 6.07) is 7.11. The molecule has 2 aliphatic rings. The summed E-state index contributed by atoms with van der Waals surface area (Å²) in [5.74, 6) is 0.199. The van der Waals surface area contributed by atoms with Gasteiger partial charge in [0.15, 0.2) is 0 Å². The zero-order chi connectivity index (χ0) is 13.4. The standard InChI is InChI=1S/C15H19IN2O.ClH/c1-10-13(3-2-4-14(10)16)15(19)18-8-7-11-5-6-12(9-18)17-11;/h2-4,11-12,17H,5-9H2,1H3;1H. The predicted octanol–water partition coefficient (Wildman–Crippen LogP) is 2.99. The minimum atomic E-state index is 0. The van der Waals surface area contributed by atoms with Crippen molar-refractivity contribution in [2.75, 3.05) is 13.1 Å². The van der Waals surface area contributed by atoms with Crippen LogP contribution in [0.3, 0.4) is 0 Å². The summed E-state index contributed by atoms with van der Waals surface area (Å²) in [7, 11) is 0. The van der Waals surface area contributed by atoms with Crippen molar-refractivity contribution in [2.45, 2.75) is 38.3 Å². The molecule has 0 aromatic heterocycles. The third-order valence-corrected chi connectivity index (χ3v) is 5.48. The van der Waals surface area contributed by atoms with Crippen molar-refractivity contribution < 1.29 is 4.79 Å². The van der Waals surface area contributed by atoms with Gasteiger partial charge in [-0.05, 0) is 66.5 Å². The number of rotatable bonds is 1. The molecule has 110 valence electrons. The van der Waals surface area contributed by atoms with Crippen molar-refractivity contribution >= 4 is 40.9 Å². The molecule has 2 bridgehead atoms. The van der Waals surface area contributed by atoms with Crippen LogP contribution in [0.15, 0.2) is 18.2 Å². The first-order valence-corrected chi connectivity index (χ1v) is 8.03. The highest BCUT2D eigenvalue weighted by Crippen LogP contribution is 2.23. The fourth-order valence-corrected chi connectivity index (χ4v) is 3.64. The number of halogens is 2. The quantitative estimate of drug-likeness (QED) is 0.727. The minimum Gasteiger partial charge on any atom is -0.337 e. The Kier molecular flexibility index (Phi) is 5.31. The second kappa shape index (κ2) is 6.62. The average molecular weight is 407 g/mol. The Labute approximate surface area is 140 Å². The van der Waals surface area contributed by atoms with Crippen molar-refractivity contribution in [3.63, 3.8) is 0 Å². The molecule has 5 heteroatoms. The molecule has 2 atom stereocenters. The number of hydrogen-bond acceptors (Lipinski definition) is 2. The summed E-state index contributed by atoms with van der Waals surface area (Å²) in [5, 5.41) is 3.62. The zero-order valence-electron chi connectivity index (χ0n) is 11.6. The van der Waals surface area contributed by atoms with E-state index in [1.807, 2.05) is 24.0 Å². The van der Waals surface area contributed by atoms with E-state index in [0.717, 1.165) is 34.2 Å². The molecule has 0 aliphatic carbocycles. The van der Waals surface area contributed by atoms with E-state index in [1.54, 1.807) is 0 Å². The van der Waals surface area contributed by atoms with Gasteiger partial charge in [-0.2, -0.15) is 0 Å². The molecule has 0 saturated carbocycles. The number of nitrogens with one attached hydrogen (secondary N) is 1. The predicted molar refractivity (Wildman–Crippen MR) is 91.6 cm³/mol. The van der Waals surface area contributed by atoms with Crippen LogP contribution in [0.1, 0.15) is 35.2 Å². The number of fused-ring (bicyclic) bond motifs is 2. The molecule has 20 heavy (non-hydrogen) atoms. The minimum absolute atomic E-state index is 0. The molecule has 0 radical (unpaired) electrons. The Hall–Kier alpha value is -0.330. The van der Waals surface area contributed by atoms with Gasteiger partial charge in [-0.25, -0.2) is 0 Å². The average Bonchev–Trinajstić information content (AvgIpc) is 2.72. The molecule has 2 saturated heterocycles. The Balaban J connectivity index is 0.00000147. The highest BCUT2D eigenvalue weighted by atomic mass is 127. The van der Waals surface area contributed by atoms with E-state index < -0.39 is 0 Å². The Morgan fingerprint density at radius 3 is 2.85 bits per heavy atom. The van der Waals surface area contributed by atoms with Gasteiger partial charge in [-0.3, -0.25) is 4.79 Å². The molecule has 2 unspecified atom stereocenters. The molecule has 1 aromatic rings. The lowest BCUT2D eigenvalue weighted by atomic mass is 10.0. The van der Waals surface area contributed by atoms with Gasteiger partial charge in [0.1, 0.15) is 0 Å². The van der Waals surface area contributed by atoms with Crippen molar-refractivity contribution in [1.29, 1.82) is 0 Å². The maximum Gasteiger partial charge on any atom is 0.254 e. The van der Waals surface area contributed by atoms with E-state index in [0.29, 0.717) is 12.1 Å². The lowest BCUT2D eigenvalue weighted by Crippen LogP contribution is -2.39. The van der Waals surface area contributed by atoms with Crippen LogP contribution >= 0.6 is 35.0 Å². The van der Waals surface area contributed by atoms with Gasteiger partial charge in [-0.15, -0.1) is 12.4 Å². The maximum atomic E-state index is 12.7.